The fourth-order valence-electron chi connectivity index (χ4n) is 1.96. The Morgan fingerprint density at radius 2 is 1.75 bits per heavy atom. The number of Topliss-reactive ketones (excluding diaryl/α,β-unsaturated/α-hetero) is 1. The van der Waals surface area contributed by atoms with Gasteiger partial charge in [-0.15, -0.1) is 0 Å². The number of rotatable bonds is 7. The lowest BCUT2D eigenvalue weighted by Gasteiger charge is -2.14. The van der Waals surface area contributed by atoms with Crippen LogP contribution in [0.25, 0.3) is 0 Å². The SMILES string of the molecule is CCCC(C(=O)OCC)C(=O)c1ccccc1C(=O)O. The first-order chi connectivity index (χ1) is 9.52. The number of benzene rings is 1. The number of carbonyl (C=O) groups excluding carboxylic acids is 2. The zero-order valence-corrected chi connectivity index (χ0v) is 11.6. The highest BCUT2D eigenvalue weighted by molar-refractivity contribution is 6.13. The van der Waals surface area contributed by atoms with Crippen LogP contribution in [0.5, 0.6) is 0 Å². The van der Waals surface area contributed by atoms with Gasteiger partial charge in [0.1, 0.15) is 5.92 Å². The summed E-state index contributed by atoms with van der Waals surface area (Å²) >= 11 is 0. The van der Waals surface area contributed by atoms with Crippen LogP contribution in [0.2, 0.25) is 0 Å². The molecule has 1 N–H and O–H groups in total. The van der Waals surface area contributed by atoms with Gasteiger partial charge in [-0.1, -0.05) is 31.5 Å². The number of aromatic carboxylic acids is 1. The minimum atomic E-state index is -1.19. The highest BCUT2D eigenvalue weighted by Crippen LogP contribution is 2.19. The number of carboxylic acid groups (broad SMARTS) is 1. The Morgan fingerprint density at radius 1 is 1.15 bits per heavy atom. The van der Waals surface area contributed by atoms with Gasteiger partial charge < -0.3 is 9.84 Å². The summed E-state index contributed by atoms with van der Waals surface area (Å²) in [6, 6.07) is 5.89. The summed E-state index contributed by atoms with van der Waals surface area (Å²) in [5.74, 6) is -3.23. The molecule has 0 aliphatic rings. The monoisotopic (exact) mass is 278 g/mol. The molecule has 20 heavy (non-hydrogen) atoms. The summed E-state index contributed by atoms with van der Waals surface area (Å²) in [7, 11) is 0. The lowest BCUT2D eigenvalue weighted by atomic mass is 9.91. The predicted molar refractivity (Wildman–Crippen MR) is 72.8 cm³/mol. The summed E-state index contributed by atoms with van der Waals surface area (Å²) < 4.78 is 4.89. The minimum Gasteiger partial charge on any atom is -0.478 e. The summed E-state index contributed by atoms with van der Waals surface area (Å²) in [5.41, 5.74) is -0.0468. The van der Waals surface area contributed by atoms with Gasteiger partial charge in [0.15, 0.2) is 5.78 Å². The maximum atomic E-state index is 12.4. The minimum absolute atomic E-state index is 0.0477. The highest BCUT2D eigenvalue weighted by Gasteiger charge is 2.30. The van der Waals surface area contributed by atoms with Gasteiger partial charge in [-0.05, 0) is 19.4 Å². The van der Waals surface area contributed by atoms with Crippen LogP contribution in [0.4, 0.5) is 0 Å². The molecule has 1 atom stereocenters. The van der Waals surface area contributed by atoms with Crippen molar-refractivity contribution in [2.75, 3.05) is 6.61 Å². The van der Waals surface area contributed by atoms with E-state index in [0.29, 0.717) is 12.8 Å². The largest absolute Gasteiger partial charge is 0.478 e. The second-order valence-electron chi connectivity index (χ2n) is 4.31. The molecule has 1 aromatic carbocycles. The van der Waals surface area contributed by atoms with E-state index in [9.17, 15) is 14.4 Å². The molecule has 108 valence electrons. The molecule has 5 nitrogen and oxygen atoms in total. The van der Waals surface area contributed by atoms with E-state index >= 15 is 0 Å². The molecule has 0 heterocycles. The molecule has 0 saturated heterocycles. The molecule has 0 spiro atoms. The summed E-state index contributed by atoms with van der Waals surface area (Å²) in [5, 5.41) is 9.10. The second-order valence-corrected chi connectivity index (χ2v) is 4.31. The lowest BCUT2D eigenvalue weighted by Crippen LogP contribution is -2.27. The van der Waals surface area contributed by atoms with Crippen molar-refractivity contribution in [1.29, 1.82) is 0 Å². The molecule has 1 aromatic rings. The van der Waals surface area contributed by atoms with Crippen molar-refractivity contribution in [3.8, 4) is 0 Å². The van der Waals surface area contributed by atoms with Crippen molar-refractivity contribution in [3.63, 3.8) is 0 Å². The molecule has 0 amide bonds. The number of carbonyl (C=O) groups is 3. The third kappa shape index (κ3) is 3.66. The smallest absolute Gasteiger partial charge is 0.336 e. The molecule has 0 aliphatic carbocycles. The first-order valence-electron chi connectivity index (χ1n) is 6.56. The topological polar surface area (TPSA) is 80.7 Å². The zero-order valence-electron chi connectivity index (χ0n) is 11.6. The average Bonchev–Trinajstić information content (AvgIpc) is 2.44. The van der Waals surface area contributed by atoms with E-state index in [4.69, 9.17) is 9.84 Å². The van der Waals surface area contributed by atoms with E-state index in [2.05, 4.69) is 0 Å². The van der Waals surface area contributed by atoms with Crippen molar-refractivity contribution >= 4 is 17.7 Å². The Kier molecular flexibility index (Phi) is 5.90. The zero-order chi connectivity index (χ0) is 15.1. The number of ether oxygens (including phenoxy) is 1. The van der Waals surface area contributed by atoms with Gasteiger partial charge in [-0.2, -0.15) is 0 Å². The quantitative estimate of drug-likeness (QED) is 0.471. The Bertz CT molecular complexity index is 507. The molecule has 1 rings (SSSR count). The van der Waals surface area contributed by atoms with Gasteiger partial charge in [0, 0.05) is 5.56 Å². The molecule has 5 heteroatoms. The Hall–Kier alpha value is -2.17. The molecular formula is C15H18O5. The molecular weight excluding hydrogens is 260 g/mol. The fourth-order valence-corrected chi connectivity index (χ4v) is 1.96. The molecule has 0 aromatic heterocycles. The maximum Gasteiger partial charge on any atom is 0.336 e. The van der Waals surface area contributed by atoms with E-state index in [1.807, 2.05) is 6.92 Å². The van der Waals surface area contributed by atoms with Crippen molar-refractivity contribution in [2.45, 2.75) is 26.7 Å². The van der Waals surface area contributed by atoms with Crippen LogP contribution in [0.15, 0.2) is 24.3 Å². The number of carboxylic acids is 1. The Balaban J connectivity index is 3.12. The molecule has 0 saturated carbocycles. The second kappa shape index (κ2) is 7.43. The van der Waals surface area contributed by atoms with Gasteiger partial charge in [0.05, 0.1) is 12.2 Å². The van der Waals surface area contributed by atoms with Crippen LogP contribution >= 0.6 is 0 Å². The normalized spacial score (nSPS) is 11.7. The van der Waals surface area contributed by atoms with Gasteiger partial charge in [0.25, 0.3) is 0 Å². The number of esters is 1. The van der Waals surface area contributed by atoms with Crippen molar-refractivity contribution in [1.82, 2.24) is 0 Å². The lowest BCUT2D eigenvalue weighted by molar-refractivity contribution is -0.146. The molecule has 0 fully saturated rings. The fraction of sp³-hybridized carbons (Fsp3) is 0.400. The first-order valence-corrected chi connectivity index (χ1v) is 6.56. The van der Waals surface area contributed by atoms with E-state index in [1.165, 1.54) is 12.1 Å². The molecule has 0 bridgehead atoms. The summed E-state index contributed by atoms with van der Waals surface area (Å²) in [6.45, 7) is 3.70. The van der Waals surface area contributed by atoms with Crippen LogP contribution in [0, 0.1) is 5.92 Å². The van der Waals surface area contributed by atoms with Crippen molar-refractivity contribution in [2.24, 2.45) is 5.92 Å². The van der Waals surface area contributed by atoms with Crippen LogP contribution in [0.1, 0.15) is 47.4 Å². The van der Waals surface area contributed by atoms with Crippen molar-refractivity contribution in [3.05, 3.63) is 35.4 Å². The van der Waals surface area contributed by atoms with Gasteiger partial charge in [0.2, 0.25) is 0 Å². The Labute approximate surface area is 117 Å². The molecule has 0 aliphatic heterocycles. The van der Waals surface area contributed by atoms with E-state index in [1.54, 1.807) is 19.1 Å². The highest BCUT2D eigenvalue weighted by atomic mass is 16.5. The summed E-state index contributed by atoms with van der Waals surface area (Å²) in [4.78, 5) is 35.4. The molecule has 1 unspecified atom stereocenters. The molecule has 0 radical (unpaired) electrons. The van der Waals surface area contributed by atoms with Crippen LogP contribution in [-0.2, 0) is 9.53 Å². The van der Waals surface area contributed by atoms with Crippen LogP contribution < -0.4 is 0 Å². The third-order valence-electron chi connectivity index (χ3n) is 2.89. The van der Waals surface area contributed by atoms with E-state index in [-0.39, 0.29) is 17.7 Å². The predicted octanol–water partition coefficient (Wildman–Crippen LogP) is 2.55. The average molecular weight is 278 g/mol. The van der Waals surface area contributed by atoms with Gasteiger partial charge >= 0.3 is 11.9 Å². The first kappa shape index (κ1) is 15.9. The standard InChI is InChI=1S/C15H18O5/c1-3-7-12(15(19)20-4-2)13(16)10-8-5-6-9-11(10)14(17)18/h5-6,8-9,12H,3-4,7H2,1-2H3,(H,17,18). The number of ketones is 1. The van der Waals surface area contributed by atoms with E-state index < -0.39 is 23.6 Å². The van der Waals surface area contributed by atoms with Crippen LogP contribution in [-0.4, -0.2) is 29.4 Å². The third-order valence-corrected chi connectivity index (χ3v) is 2.89. The van der Waals surface area contributed by atoms with Gasteiger partial charge in [-0.3, -0.25) is 9.59 Å². The number of hydrogen-bond donors (Lipinski definition) is 1. The summed E-state index contributed by atoms with van der Waals surface area (Å²) in [6.07, 6.45) is 0.968. The van der Waals surface area contributed by atoms with Crippen LogP contribution in [0.3, 0.4) is 0 Å². The van der Waals surface area contributed by atoms with E-state index in [0.717, 1.165) is 0 Å². The maximum absolute atomic E-state index is 12.4. The Morgan fingerprint density at radius 3 is 2.25 bits per heavy atom. The van der Waals surface area contributed by atoms with Crippen molar-refractivity contribution < 1.29 is 24.2 Å². The van der Waals surface area contributed by atoms with Gasteiger partial charge in [-0.25, -0.2) is 4.79 Å². The number of hydrogen-bond acceptors (Lipinski definition) is 4.